The maximum absolute atomic E-state index is 11.8. The third-order valence-electron chi connectivity index (χ3n) is 3.79. The van der Waals surface area contributed by atoms with Gasteiger partial charge in [-0.15, -0.1) is 0 Å². The predicted molar refractivity (Wildman–Crippen MR) is 62.5 cm³/mol. The van der Waals surface area contributed by atoms with Gasteiger partial charge in [-0.25, -0.2) is 9.97 Å². The van der Waals surface area contributed by atoms with Crippen LogP contribution in [0.15, 0.2) is 17.4 Å². The molecule has 1 saturated heterocycles. The zero-order chi connectivity index (χ0) is 12.0. The van der Waals surface area contributed by atoms with Crippen molar-refractivity contribution in [1.29, 1.82) is 0 Å². The largest absolute Gasteiger partial charge is 0.381 e. The van der Waals surface area contributed by atoms with Crippen LogP contribution in [0.5, 0.6) is 0 Å². The maximum Gasteiger partial charge on any atom is 0.230 e. The fraction of sp³-hybridized carbons (Fsp3) is 0.545. The van der Waals surface area contributed by atoms with Gasteiger partial charge in [0.25, 0.3) is 0 Å². The Labute approximate surface area is 103 Å². The second kappa shape index (κ2) is 3.68. The Hall–Kier alpha value is -1.14. The van der Waals surface area contributed by atoms with Gasteiger partial charge in [-0.1, -0.05) is 11.8 Å². The van der Waals surface area contributed by atoms with E-state index in [4.69, 9.17) is 10.5 Å². The molecule has 2 aliphatic rings. The maximum atomic E-state index is 11.8. The number of nitrogens with zero attached hydrogens (tertiary/aromatic N) is 2. The second-order valence-corrected chi connectivity index (χ2v) is 5.19. The zero-order valence-electron chi connectivity index (χ0n) is 9.42. The summed E-state index contributed by atoms with van der Waals surface area (Å²) in [4.78, 5) is 20.3. The van der Waals surface area contributed by atoms with Crippen molar-refractivity contribution in [2.75, 3.05) is 19.5 Å². The highest BCUT2D eigenvalue weighted by Gasteiger charge is 2.72. The molecule has 0 bridgehead atoms. The van der Waals surface area contributed by atoms with E-state index >= 15 is 0 Å². The minimum atomic E-state index is -0.605. The first kappa shape index (κ1) is 11.0. The third-order valence-corrected chi connectivity index (χ3v) is 4.35. The molecule has 1 unspecified atom stereocenters. The molecule has 0 aromatic carbocycles. The molecule has 0 radical (unpaired) electrons. The van der Waals surface area contributed by atoms with Crippen molar-refractivity contribution < 1.29 is 9.53 Å². The number of nitrogens with two attached hydrogens (primary N) is 1. The summed E-state index contributed by atoms with van der Waals surface area (Å²) in [6.45, 7) is 1.21. The van der Waals surface area contributed by atoms with Crippen molar-refractivity contribution in [1.82, 2.24) is 9.97 Å². The number of primary amides is 1. The number of hydrogen-bond donors (Lipinski definition) is 1. The quantitative estimate of drug-likeness (QED) is 0.613. The molecule has 0 spiro atoms. The normalized spacial score (nSPS) is 34.4. The molecule has 2 fully saturated rings. The van der Waals surface area contributed by atoms with Crippen molar-refractivity contribution in [3.8, 4) is 0 Å². The molecule has 90 valence electrons. The molecule has 1 saturated carbocycles. The van der Waals surface area contributed by atoms with Crippen molar-refractivity contribution >= 4 is 17.7 Å². The lowest BCUT2D eigenvalue weighted by molar-refractivity contribution is -0.122. The molecular weight excluding hydrogens is 238 g/mol. The average molecular weight is 251 g/mol. The number of thioether (sulfide) groups is 1. The van der Waals surface area contributed by atoms with Crippen molar-refractivity contribution in [2.24, 2.45) is 17.6 Å². The summed E-state index contributed by atoms with van der Waals surface area (Å²) < 4.78 is 5.33. The van der Waals surface area contributed by atoms with E-state index in [1.54, 1.807) is 12.3 Å². The Morgan fingerprint density at radius 3 is 2.88 bits per heavy atom. The number of ether oxygens (including phenoxy) is 1. The number of aromatic nitrogens is 2. The van der Waals surface area contributed by atoms with Gasteiger partial charge >= 0.3 is 0 Å². The van der Waals surface area contributed by atoms with Gasteiger partial charge in [0.2, 0.25) is 5.91 Å². The fourth-order valence-electron chi connectivity index (χ4n) is 2.90. The second-order valence-electron chi connectivity index (χ2n) is 4.41. The monoisotopic (exact) mass is 251 g/mol. The van der Waals surface area contributed by atoms with Crippen LogP contribution in [-0.2, 0) is 14.9 Å². The van der Waals surface area contributed by atoms with Gasteiger partial charge in [-0.2, -0.15) is 0 Å². The first-order valence-electron chi connectivity index (χ1n) is 5.46. The zero-order valence-corrected chi connectivity index (χ0v) is 10.2. The number of carbonyl (C=O) groups excluding carboxylic acids is 1. The van der Waals surface area contributed by atoms with Crippen molar-refractivity contribution in [3.63, 3.8) is 0 Å². The van der Waals surface area contributed by atoms with Gasteiger partial charge in [-0.05, 0) is 12.3 Å². The lowest BCUT2D eigenvalue weighted by Crippen LogP contribution is -2.35. The minimum absolute atomic E-state index is 0.199. The standard InChI is InChI=1S/C11H13N3O2S/c1-17-10-13-3-2-8(14-10)11(9(12)15)6-4-16-5-7(6)11/h2-3,6-7H,4-5H2,1H3,(H2,12,15)/t6-,7+,11?. The Balaban J connectivity index is 2.03. The molecule has 1 aliphatic carbocycles. The fourth-order valence-corrected chi connectivity index (χ4v) is 3.25. The van der Waals surface area contributed by atoms with Crippen LogP contribution in [0.2, 0.25) is 0 Å². The number of carbonyl (C=O) groups is 1. The molecule has 1 aliphatic heterocycles. The molecule has 2 heterocycles. The molecule has 3 rings (SSSR count). The molecular formula is C11H13N3O2S. The Morgan fingerprint density at radius 1 is 1.59 bits per heavy atom. The van der Waals surface area contributed by atoms with E-state index in [2.05, 4.69) is 9.97 Å². The lowest BCUT2D eigenvalue weighted by atomic mass is 9.95. The number of fused-ring (bicyclic) bond motifs is 1. The van der Waals surface area contributed by atoms with E-state index in [1.165, 1.54) is 11.8 Å². The summed E-state index contributed by atoms with van der Waals surface area (Å²) in [7, 11) is 0. The molecule has 3 atom stereocenters. The summed E-state index contributed by atoms with van der Waals surface area (Å²) in [6, 6.07) is 1.79. The molecule has 6 heteroatoms. The van der Waals surface area contributed by atoms with E-state index in [9.17, 15) is 4.79 Å². The van der Waals surface area contributed by atoms with Crippen LogP contribution >= 0.6 is 11.8 Å². The summed E-state index contributed by atoms with van der Waals surface area (Å²) in [6.07, 6.45) is 3.60. The molecule has 1 aromatic heterocycles. The molecule has 1 amide bonds. The van der Waals surface area contributed by atoms with Crippen molar-refractivity contribution in [2.45, 2.75) is 10.6 Å². The summed E-state index contributed by atoms with van der Waals surface area (Å²) >= 11 is 1.46. The van der Waals surface area contributed by atoms with Gasteiger partial charge < -0.3 is 10.5 Å². The van der Waals surface area contributed by atoms with Crippen LogP contribution in [0, 0.1) is 11.8 Å². The highest BCUT2D eigenvalue weighted by atomic mass is 32.2. The summed E-state index contributed by atoms with van der Waals surface area (Å²) in [5, 5.41) is 0.675. The van der Waals surface area contributed by atoms with E-state index in [-0.39, 0.29) is 17.7 Å². The van der Waals surface area contributed by atoms with Crippen LogP contribution in [0.4, 0.5) is 0 Å². The molecule has 1 aromatic rings. The predicted octanol–water partition coefficient (Wildman–Crippen LogP) is 0.198. The smallest absolute Gasteiger partial charge is 0.230 e. The van der Waals surface area contributed by atoms with E-state index in [0.29, 0.717) is 18.4 Å². The van der Waals surface area contributed by atoms with E-state index in [1.807, 2.05) is 6.26 Å². The van der Waals surface area contributed by atoms with Gasteiger partial charge in [0.1, 0.15) is 5.41 Å². The Bertz CT molecular complexity index is 470. The topological polar surface area (TPSA) is 78.1 Å². The molecule has 17 heavy (non-hydrogen) atoms. The number of hydrogen-bond acceptors (Lipinski definition) is 5. The van der Waals surface area contributed by atoms with Crippen LogP contribution < -0.4 is 5.73 Å². The van der Waals surface area contributed by atoms with E-state index < -0.39 is 5.41 Å². The van der Waals surface area contributed by atoms with Crippen LogP contribution in [0.1, 0.15) is 5.69 Å². The summed E-state index contributed by atoms with van der Waals surface area (Å²) in [5.74, 6) is 0.107. The first-order chi connectivity index (χ1) is 8.21. The van der Waals surface area contributed by atoms with Crippen LogP contribution in [0.25, 0.3) is 0 Å². The number of rotatable bonds is 3. The van der Waals surface area contributed by atoms with Gasteiger partial charge in [-0.3, -0.25) is 4.79 Å². The molecule has 5 nitrogen and oxygen atoms in total. The van der Waals surface area contributed by atoms with Crippen molar-refractivity contribution in [3.05, 3.63) is 18.0 Å². The summed E-state index contributed by atoms with van der Waals surface area (Å²) in [5.41, 5.74) is 5.73. The Kier molecular flexibility index (Phi) is 2.38. The van der Waals surface area contributed by atoms with Crippen LogP contribution in [-0.4, -0.2) is 35.3 Å². The Morgan fingerprint density at radius 2 is 2.29 bits per heavy atom. The van der Waals surface area contributed by atoms with Gasteiger partial charge in [0, 0.05) is 18.0 Å². The number of amides is 1. The van der Waals surface area contributed by atoms with Gasteiger partial charge in [0.15, 0.2) is 5.16 Å². The third kappa shape index (κ3) is 1.34. The SMILES string of the molecule is CSc1nccc(C2(C(N)=O)[C@@H]3COC[C@@H]32)n1. The van der Waals surface area contributed by atoms with E-state index in [0.717, 1.165) is 5.69 Å². The average Bonchev–Trinajstić information content (AvgIpc) is 2.73. The van der Waals surface area contributed by atoms with Crippen LogP contribution in [0.3, 0.4) is 0 Å². The highest BCUT2D eigenvalue weighted by Crippen LogP contribution is 2.62. The highest BCUT2D eigenvalue weighted by molar-refractivity contribution is 7.98. The lowest BCUT2D eigenvalue weighted by Gasteiger charge is -2.16. The van der Waals surface area contributed by atoms with Gasteiger partial charge in [0.05, 0.1) is 18.9 Å². The molecule has 2 N–H and O–H groups in total. The minimum Gasteiger partial charge on any atom is -0.381 e. The first-order valence-corrected chi connectivity index (χ1v) is 6.69.